The quantitative estimate of drug-likeness (QED) is 0.774. The molecule has 22 heavy (non-hydrogen) atoms. The van der Waals surface area contributed by atoms with Crippen molar-refractivity contribution in [2.24, 2.45) is 0 Å². The Morgan fingerprint density at radius 3 is 2.77 bits per heavy atom. The fourth-order valence-electron chi connectivity index (χ4n) is 1.94. The number of aromatic nitrogens is 1. The Morgan fingerprint density at radius 2 is 2.00 bits per heavy atom. The molecule has 0 saturated heterocycles. The van der Waals surface area contributed by atoms with Gasteiger partial charge in [-0.05, 0) is 36.4 Å². The van der Waals surface area contributed by atoms with Gasteiger partial charge in [-0.3, -0.25) is 9.78 Å². The normalized spacial score (nSPS) is 10.6. The molecule has 1 heterocycles. The lowest BCUT2D eigenvalue weighted by molar-refractivity contribution is -0.118. The van der Waals surface area contributed by atoms with E-state index in [1.54, 1.807) is 42.5 Å². The summed E-state index contributed by atoms with van der Waals surface area (Å²) in [7, 11) is 0. The topological polar surface area (TPSA) is 84.3 Å². The molecule has 3 aromatic rings. The molecule has 0 aliphatic rings. The Morgan fingerprint density at radius 1 is 1.23 bits per heavy atom. The molecule has 0 saturated carbocycles. The average molecular weight is 319 g/mol. The summed E-state index contributed by atoms with van der Waals surface area (Å²) in [5.74, 6) is -0.395. The van der Waals surface area contributed by atoms with E-state index in [4.69, 9.17) is 20.8 Å². The van der Waals surface area contributed by atoms with Gasteiger partial charge in [0.2, 0.25) is 0 Å². The third-order valence-electron chi connectivity index (χ3n) is 2.91. The highest BCUT2D eigenvalue weighted by Gasteiger charge is 2.10. The van der Waals surface area contributed by atoms with Gasteiger partial charge in [0.15, 0.2) is 12.2 Å². The van der Waals surface area contributed by atoms with E-state index in [1.807, 2.05) is 0 Å². The van der Waals surface area contributed by atoms with E-state index in [-0.39, 0.29) is 12.5 Å². The van der Waals surface area contributed by atoms with Crippen molar-refractivity contribution < 1.29 is 13.9 Å². The number of fused-ring (bicyclic) bond motifs is 1. The summed E-state index contributed by atoms with van der Waals surface area (Å²) in [5.41, 5.74) is 1.27. The van der Waals surface area contributed by atoms with Crippen molar-refractivity contribution in [1.29, 1.82) is 0 Å². The van der Waals surface area contributed by atoms with Crippen LogP contribution in [-0.4, -0.2) is 17.5 Å². The van der Waals surface area contributed by atoms with Crippen molar-refractivity contribution in [2.75, 3.05) is 11.9 Å². The van der Waals surface area contributed by atoms with Gasteiger partial charge in [-0.15, -0.1) is 0 Å². The smallest absolute Gasteiger partial charge is 0.417 e. The van der Waals surface area contributed by atoms with Crippen LogP contribution in [0.15, 0.2) is 51.7 Å². The second kappa shape index (κ2) is 5.95. The first kappa shape index (κ1) is 14.2. The summed E-state index contributed by atoms with van der Waals surface area (Å²) in [6, 6.07) is 11.7. The van der Waals surface area contributed by atoms with Crippen LogP contribution in [0.25, 0.3) is 11.1 Å². The minimum Gasteiger partial charge on any atom is -0.484 e. The number of hydrogen-bond donors (Lipinski definition) is 2. The Bertz CT molecular complexity index is 867. The minimum atomic E-state index is -0.575. The number of para-hydroxylation sites is 1. The summed E-state index contributed by atoms with van der Waals surface area (Å²) in [6.45, 7) is -0.167. The van der Waals surface area contributed by atoms with Crippen LogP contribution in [0.2, 0.25) is 5.02 Å². The van der Waals surface area contributed by atoms with E-state index in [2.05, 4.69) is 10.3 Å². The van der Waals surface area contributed by atoms with Gasteiger partial charge in [-0.25, -0.2) is 4.79 Å². The summed E-state index contributed by atoms with van der Waals surface area (Å²) < 4.78 is 10.3. The summed E-state index contributed by atoms with van der Waals surface area (Å²) >= 11 is 5.77. The molecule has 2 N–H and O–H groups in total. The van der Waals surface area contributed by atoms with Crippen LogP contribution in [0.5, 0.6) is 5.75 Å². The molecule has 0 fully saturated rings. The van der Waals surface area contributed by atoms with Crippen LogP contribution in [0.1, 0.15) is 0 Å². The first-order valence-electron chi connectivity index (χ1n) is 6.42. The largest absolute Gasteiger partial charge is 0.484 e. The van der Waals surface area contributed by atoms with Crippen molar-refractivity contribution in [3.63, 3.8) is 0 Å². The Balaban J connectivity index is 1.68. The van der Waals surface area contributed by atoms with Crippen LogP contribution in [0, 0.1) is 0 Å². The van der Waals surface area contributed by atoms with Gasteiger partial charge in [0.05, 0.1) is 5.69 Å². The minimum absolute atomic E-state index is 0.167. The number of nitrogens with one attached hydrogen (secondary N) is 2. The Kier molecular flexibility index (Phi) is 3.84. The molecule has 1 aromatic heterocycles. The number of rotatable bonds is 4. The van der Waals surface area contributed by atoms with E-state index in [9.17, 15) is 9.59 Å². The van der Waals surface area contributed by atoms with Crippen molar-refractivity contribution >= 4 is 34.3 Å². The number of ether oxygens (including phenoxy) is 1. The standard InChI is InChI=1S/C15H11ClN2O4/c16-9-4-6-10(7-5-9)21-8-13(19)17-11-2-1-3-12-14(11)18-15(20)22-12/h1-7H,8H2,(H,17,19)(H,18,20). The average Bonchev–Trinajstić information content (AvgIpc) is 2.88. The maximum Gasteiger partial charge on any atom is 0.417 e. The molecule has 0 atom stereocenters. The molecule has 1 amide bonds. The van der Waals surface area contributed by atoms with Crippen molar-refractivity contribution in [2.45, 2.75) is 0 Å². The van der Waals surface area contributed by atoms with Gasteiger partial charge in [0, 0.05) is 5.02 Å². The molecule has 0 spiro atoms. The lowest BCUT2D eigenvalue weighted by atomic mass is 10.3. The number of carbonyl (C=O) groups is 1. The van der Waals surface area contributed by atoms with E-state index >= 15 is 0 Å². The van der Waals surface area contributed by atoms with E-state index in [1.165, 1.54) is 0 Å². The number of amides is 1. The monoisotopic (exact) mass is 318 g/mol. The molecule has 0 radical (unpaired) electrons. The van der Waals surface area contributed by atoms with Crippen molar-refractivity contribution in [3.8, 4) is 5.75 Å². The number of halogens is 1. The SMILES string of the molecule is O=C(COc1ccc(Cl)cc1)Nc1cccc2oc(=O)[nH]c12. The third kappa shape index (κ3) is 3.12. The summed E-state index contributed by atoms with van der Waals surface area (Å²) in [6.07, 6.45) is 0. The van der Waals surface area contributed by atoms with Crippen LogP contribution in [0.3, 0.4) is 0 Å². The molecular weight excluding hydrogens is 308 g/mol. The molecule has 112 valence electrons. The second-order valence-corrected chi connectivity index (χ2v) is 4.92. The zero-order valence-corrected chi connectivity index (χ0v) is 12.0. The molecule has 0 unspecified atom stereocenters. The molecule has 3 rings (SSSR count). The number of anilines is 1. The lowest BCUT2D eigenvalue weighted by Gasteiger charge is -2.08. The van der Waals surface area contributed by atoms with Crippen LogP contribution in [0.4, 0.5) is 5.69 Å². The zero-order chi connectivity index (χ0) is 15.5. The zero-order valence-electron chi connectivity index (χ0n) is 11.3. The molecular formula is C15H11ClN2O4. The first-order valence-corrected chi connectivity index (χ1v) is 6.80. The number of oxazole rings is 1. The van der Waals surface area contributed by atoms with Crippen LogP contribution < -0.4 is 15.8 Å². The predicted octanol–water partition coefficient (Wildman–Crippen LogP) is 2.79. The lowest BCUT2D eigenvalue weighted by Crippen LogP contribution is -2.20. The summed E-state index contributed by atoms with van der Waals surface area (Å²) in [5, 5.41) is 3.25. The highest BCUT2D eigenvalue weighted by atomic mass is 35.5. The number of aromatic amines is 1. The Hall–Kier alpha value is -2.73. The van der Waals surface area contributed by atoms with Gasteiger partial charge in [-0.2, -0.15) is 0 Å². The van der Waals surface area contributed by atoms with Gasteiger partial charge < -0.3 is 14.5 Å². The van der Waals surface area contributed by atoms with E-state index in [0.717, 1.165) is 0 Å². The highest BCUT2D eigenvalue weighted by molar-refractivity contribution is 6.30. The van der Waals surface area contributed by atoms with Gasteiger partial charge in [-0.1, -0.05) is 17.7 Å². The van der Waals surface area contributed by atoms with Crippen LogP contribution in [-0.2, 0) is 4.79 Å². The second-order valence-electron chi connectivity index (χ2n) is 4.48. The predicted molar refractivity (Wildman–Crippen MR) is 82.4 cm³/mol. The molecule has 7 heteroatoms. The van der Waals surface area contributed by atoms with Crippen molar-refractivity contribution in [3.05, 3.63) is 58.0 Å². The molecule has 2 aromatic carbocycles. The van der Waals surface area contributed by atoms with E-state index < -0.39 is 5.76 Å². The molecule has 6 nitrogen and oxygen atoms in total. The highest BCUT2D eigenvalue weighted by Crippen LogP contribution is 2.20. The first-order chi connectivity index (χ1) is 10.6. The Labute approximate surface area is 129 Å². The number of hydrogen-bond acceptors (Lipinski definition) is 4. The number of carbonyl (C=O) groups excluding carboxylic acids is 1. The van der Waals surface area contributed by atoms with Gasteiger partial charge >= 0.3 is 5.76 Å². The fourth-order valence-corrected chi connectivity index (χ4v) is 2.07. The summed E-state index contributed by atoms with van der Waals surface area (Å²) in [4.78, 5) is 25.6. The maximum absolute atomic E-state index is 11.9. The van der Waals surface area contributed by atoms with Gasteiger partial charge in [0.25, 0.3) is 5.91 Å². The number of benzene rings is 2. The van der Waals surface area contributed by atoms with Crippen LogP contribution >= 0.6 is 11.6 Å². The van der Waals surface area contributed by atoms with Crippen molar-refractivity contribution in [1.82, 2.24) is 4.98 Å². The third-order valence-corrected chi connectivity index (χ3v) is 3.17. The fraction of sp³-hybridized carbons (Fsp3) is 0.0667. The van der Waals surface area contributed by atoms with Gasteiger partial charge in [0.1, 0.15) is 11.3 Å². The molecule has 0 bridgehead atoms. The maximum atomic E-state index is 11.9. The molecule has 0 aliphatic carbocycles. The van der Waals surface area contributed by atoms with E-state index in [0.29, 0.717) is 27.6 Å². The molecule has 0 aliphatic heterocycles. The number of H-pyrrole nitrogens is 1.